The van der Waals surface area contributed by atoms with Crippen LogP contribution in [-0.2, 0) is 20.4 Å². The Morgan fingerprint density at radius 3 is 2.52 bits per heavy atom. The number of alkyl halides is 2. The second-order valence-electron chi connectivity index (χ2n) is 10.6. The SMILES string of the molecule is C=CC(=O)N1CCC(OC(F)(F)c2ccnc(C(=O)Nc3ccc(-c4cc5c(N6CCOCC6)ncnc5[nH]4)cc3)c2)CC1. The number of ether oxygens (including phenoxy) is 2. The molecule has 5 heterocycles. The van der Waals surface area contributed by atoms with Crippen molar-refractivity contribution in [3.63, 3.8) is 0 Å². The van der Waals surface area contributed by atoms with Gasteiger partial charge in [0.1, 0.15) is 23.5 Å². The fraction of sp³-hybridized carbons (Fsp3) is 0.323. The molecule has 2 saturated heterocycles. The smallest absolute Gasteiger partial charge is 0.378 e. The number of aromatic amines is 1. The molecule has 2 N–H and O–H groups in total. The first-order valence-electron chi connectivity index (χ1n) is 14.3. The Balaban J connectivity index is 1.10. The molecule has 11 nitrogen and oxygen atoms in total. The number of carbonyl (C=O) groups is 2. The van der Waals surface area contributed by atoms with Crippen molar-refractivity contribution in [3.8, 4) is 11.3 Å². The normalized spacial score (nSPS) is 16.2. The molecule has 2 amide bonds. The van der Waals surface area contributed by atoms with Gasteiger partial charge in [0.15, 0.2) is 0 Å². The lowest BCUT2D eigenvalue weighted by atomic mass is 10.1. The number of morpholine rings is 1. The van der Waals surface area contributed by atoms with E-state index >= 15 is 8.78 Å². The highest BCUT2D eigenvalue weighted by Gasteiger charge is 2.38. The van der Waals surface area contributed by atoms with Gasteiger partial charge in [0.2, 0.25) is 5.91 Å². The first-order valence-corrected chi connectivity index (χ1v) is 14.3. The van der Waals surface area contributed by atoms with Crippen molar-refractivity contribution in [3.05, 3.63) is 78.9 Å². The average Bonchev–Trinajstić information content (AvgIpc) is 3.50. The van der Waals surface area contributed by atoms with E-state index < -0.39 is 23.7 Å². The van der Waals surface area contributed by atoms with Crippen molar-refractivity contribution in [2.75, 3.05) is 49.6 Å². The van der Waals surface area contributed by atoms with Crippen LogP contribution in [0.15, 0.2) is 67.6 Å². The largest absolute Gasteiger partial charge is 0.383 e. The number of amides is 2. The van der Waals surface area contributed by atoms with Crippen molar-refractivity contribution in [1.82, 2.24) is 24.8 Å². The maximum absolute atomic E-state index is 15.0. The van der Waals surface area contributed by atoms with Gasteiger partial charge in [0.05, 0.1) is 30.3 Å². The molecule has 6 rings (SSSR count). The molecule has 0 bridgehead atoms. The number of carbonyl (C=O) groups excluding carboxylic acids is 2. The van der Waals surface area contributed by atoms with Crippen molar-refractivity contribution in [1.29, 1.82) is 0 Å². The molecule has 0 radical (unpaired) electrons. The minimum Gasteiger partial charge on any atom is -0.378 e. The second kappa shape index (κ2) is 12.5. The third-order valence-electron chi connectivity index (χ3n) is 7.74. The Hall–Kier alpha value is -4.75. The fourth-order valence-electron chi connectivity index (χ4n) is 5.37. The van der Waals surface area contributed by atoms with Crippen molar-refractivity contribution < 1.29 is 27.8 Å². The monoisotopic (exact) mass is 603 g/mol. The second-order valence-corrected chi connectivity index (χ2v) is 10.6. The molecule has 0 atom stereocenters. The van der Waals surface area contributed by atoms with Crippen LogP contribution in [0.25, 0.3) is 22.3 Å². The Morgan fingerprint density at radius 1 is 1.05 bits per heavy atom. The number of anilines is 2. The van der Waals surface area contributed by atoms with Crippen LogP contribution in [0, 0.1) is 0 Å². The maximum atomic E-state index is 15.0. The van der Waals surface area contributed by atoms with Crippen LogP contribution in [0.4, 0.5) is 20.3 Å². The molecule has 13 heteroatoms. The van der Waals surface area contributed by atoms with Gasteiger partial charge in [0.25, 0.3) is 5.91 Å². The number of H-pyrrole nitrogens is 1. The molecule has 0 aliphatic carbocycles. The van der Waals surface area contributed by atoms with Crippen LogP contribution < -0.4 is 10.2 Å². The summed E-state index contributed by atoms with van der Waals surface area (Å²) in [4.78, 5) is 44.6. The number of nitrogens with zero attached hydrogens (tertiary/aromatic N) is 5. The van der Waals surface area contributed by atoms with Gasteiger partial charge >= 0.3 is 6.11 Å². The van der Waals surface area contributed by atoms with Crippen LogP contribution in [-0.4, -0.2) is 82.1 Å². The summed E-state index contributed by atoms with van der Waals surface area (Å²) in [6, 6.07) is 11.3. The number of likely N-dealkylation sites (tertiary alicyclic amines) is 1. The number of hydrogen-bond acceptors (Lipinski definition) is 8. The standard InChI is InChI=1S/C31H31F2N7O4/c1-2-27(41)39-11-8-23(9-12-39)44-31(32,33)21-7-10-34-26(17-21)30(42)37-22-5-3-20(4-6-22)25-18-24-28(38-25)35-19-36-29(24)40-13-15-43-16-14-40/h2-7,10,17-19,23H,1,8-9,11-16H2,(H,37,42)(H,35,36,38). The average molecular weight is 604 g/mol. The molecule has 0 saturated carbocycles. The molecule has 2 aliphatic rings. The molecule has 2 fully saturated rings. The van der Waals surface area contributed by atoms with Crippen LogP contribution in [0.1, 0.15) is 28.9 Å². The summed E-state index contributed by atoms with van der Waals surface area (Å²) in [5.74, 6) is -0.0242. The van der Waals surface area contributed by atoms with Gasteiger partial charge in [-0.05, 0) is 54.8 Å². The summed E-state index contributed by atoms with van der Waals surface area (Å²) in [7, 11) is 0. The molecule has 0 unspecified atom stereocenters. The molecule has 2 aliphatic heterocycles. The zero-order valence-corrected chi connectivity index (χ0v) is 23.8. The van der Waals surface area contributed by atoms with Gasteiger partial charge in [-0.2, -0.15) is 8.78 Å². The van der Waals surface area contributed by atoms with Gasteiger partial charge in [-0.25, -0.2) is 9.97 Å². The summed E-state index contributed by atoms with van der Waals surface area (Å²) < 4.78 is 40.7. The molecule has 4 aromatic rings. The number of fused-ring (bicyclic) bond motifs is 1. The Morgan fingerprint density at radius 2 is 1.80 bits per heavy atom. The van der Waals surface area contributed by atoms with Gasteiger partial charge < -0.3 is 29.6 Å². The van der Waals surface area contributed by atoms with Gasteiger partial charge in [-0.15, -0.1) is 0 Å². The third kappa shape index (κ3) is 6.29. The fourth-order valence-corrected chi connectivity index (χ4v) is 5.37. The van der Waals surface area contributed by atoms with E-state index in [1.807, 2.05) is 18.2 Å². The minimum atomic E-state index is -3.64. The van der Waals surface area contributed by atoms with Crippen molar-refractivity contribution in [2.45, 2.75) is 25.1 Å². The van der Waals surface area contributed by atoms with E-state index in [1.54, 1.807) is 17.0 Å². The number of piperidine rings is 1. The molecule has 3 aromatic heterocycles. The topological polar surface area (TPSA) is 126 Å². The van der Waals surface area contributed by atoms with E-state index in [0.29, 0.717) is 37.6 Å². The summed E-state index contributed by atoms with van der Waals surface area (Å²) >= 11 is 0. The lowest BCUT2D eigenvalue weighted by Gasteiger charge is -2.33. The van der Waals surface area contributed by atoms with Crippen molar-refractivity contribution in [2.24, 2.45) is 0 Å². The predicted octanol–water partition coefficient (Wildman–Crippen LogP) is 4.35. The predicted molar refractivity (Wildman–Crippen MR) is 159 cm³/mol. The zero-order chi connectivity index (χ0) is 30.7. The highest BCUT2D eigenvalue weighted by Crippen LogP contribution is 2.34. The third-order valence-corrected chi connectivity index (χ3v) is 7.74. The molecule has 44 heavy (non-hydrogen) atoms. The molecule has 1 aromatic carbocycles. The van der Waals surface area contributed by atoms with Gasteiger partial charge in [-0.3, -0.25) is 14.6 Å². The number of rotatable bonds is 8. The number of benzene rings is 1. The highest BCUT2D eigenvalue weighted by molar-refractivity contribution is 6.03. The number of aromatic nitrogens is 4. The summed E-state index contributed by atoms with van der Waals surface area (Å²) in [6.45, 7) is 6.85. The lowest BCUT2D eigenvalue weighted by molar-refractivity contribution is -0.277. The van der Waals surface area contributed by atoms with E-state index in [-0.39, 0.29) is 24.4 Å². The van der Waals surface area contributed by atoms with Crippen LogP contribution in [0.2, 0.25) is 0 Å². The molecule has 228 valence electrons. The van der Waals surface area contributed by atoms with Gasteiger partial charge in [0, 0.05) is 43.8 Å². The number of halogens is 2. The Kier molecular flexibility index (Phi) is 8.31. The lowest BCUT2D eigenvalue weighted by Crippen LogP contribution is -2.41. The van der Waals surface area contributed by atoms with E-state index in [4.69, 9.17) is 9.47 Å². The number of nitrogens with one attached hydrogen (secondary N) is 2. The van der Waals surface area contributed by atoms with Crippen LogP contribution in [0.5, 0.6) is 0 Å². The van der Waals surface area contributed by atoms with Crippen LogP contribution in [0.3, 0.4) is 0 Å². The molecule has 0 spiro atoms. The molecular formula is C31H31F2N7O4. The van der Waals surface area contributed by atoms with E-state index in [1.165, 1.54) is 12.4 Å². The first kappa shape index (κ1) is 29.3. The number of pyridine rings is 1. The van der Waals surface area contributed by atoms with Gasteiger partial charge in [-0.1, -0.05) is 18.7 Å². The maximum Gasteiger partial charge on any atom is 0.383 e. The first-order chi connectivity index (χ1) is 21.3. The Labute approximate surface area is 251 Å². The van der Waals surface area contributed by atoms with Crippen molar-refractivity contribution >= 4 is 34.4 Å². The van der Waals surface area contributed by atoms with E-state index in [9.17, 15) is 9.59 Å². The van der Waals surface area contributed by atoms with E-state index in [0.717, 1.165) is 53.9 Å². The zero-order valence-electron chi connectivity index (χ0n) is 23.8. The molecular weight excluding hydrogens is 572 g/mol. The highest BCUT2D eigenvalue weighted by atomic mass is 19.3. The number of hydrogen-bond donors (Lipinski definition) is 2. The quantitative estimate of drug-likeness (QED) is 0.285. The van der Waals surface area contributed by atoms with Crippen LogP contribution >= 0.6 is 0 Å². The summed E-state index contributed by atoms with van der Waals surface area (Å²) in [5.41, 5.74) is 2.24. The minimum absolute atomic E-state index is 0.175. The summed E-state index contributed by atoms with van der Waals surface area (Å²) in [6.07, 6.45) is 0.0525. The van der Waals surface area contributed by atoms with E-state index in [2.05, 4.69) is 36.7 Å². The Bertz CT molecular complexity index is 1660. The summed E-state index contributed by atoms with van der Waals surface area (Å²) in [5, 5.41) is 3.62.